The van der Waals surface area contributed by atoms with Gasteiger partial charge in [-0.2, -0.15) is 0 Å². The number of hydrogen-bond acceptors (Lipinski definition) is 2. The summed E-state index contributed by atoms with van der Waals surface area (Å²) in [6.07, 6.45) is 0. The lowest BCUT2D eigenvalue weighted by atomic mass is 10.1. The molecule has 0 aliphatic heterocycles. The van der Waals surface area contributed by atoms with E-state index < -0.39 is 17.5 Å². The molecule has 0 radical (unpaired) electrons. The second-order valence-corrected chi connectivity index (χ2v) is 5.13. The summed E-state index contributed by atoms with van der Waals surface area (Å²) in [5.41, 5.74) is 6.54. The fourth-order valence-electron chi connectivity index (χ4n) is 1.65. The summed E-state index contributed by atoms with van der Waals surface area (Å²) in [6, 6.07) is 6.68. The van der Waals surface area contributed by atoms with Gasteiger partial charge in [-0.3, -0.25) is 4.79 Å². The average Bonchev–Trinajstić information content (AvgIpc) is 2.38. The van der Waals surface area contributed by atoms with Gasteiger partial charge in [0.25, 0.3) is 5.91 Å². The number of amides is 1. The zero-order valence-electron chi connectivity index (χ0n) is 10.5. The molecule has 2 aromatic carbocycles. The van der Waals surface area contributed by atoms with Crippen molar-refractivity contribution in [3.05, 3.63) is 57.6 Å². The lowest BCUT2D eigenvalue weighted by Gasteiger charge is -2.09. The Morgan fingerprint density at radius 2 is 1.90 bits per heavy atom. The Hall–Kier alpha value is -1.95. The Kier molecular flexibility index (Phi) is 4.04. The zero-order chi connectivity index (χ0) is 14.9. The third-order valence-corrected chi connectivity index (χ3v) is 3.47. The van der Waals surface area contributed by atoms with Gasteiger partial charge in [0.05, 0.1) is 5.56 Å². The molecule has 20 heavy (non-hydrogen) atoms. The minimum Gasteiger partial charge on any atom is -0.398 e. The van der Waals surface area contributed by atoms with Gasteiger partial charge in [0, 0.05) is 21.9 Å². The van der Waals surface area contributed by atoms with E-state index in [1.54, 1.807) is 12.1 Å². The number of nitrogens with two attached hydrogens (primary N) is 1. The summed E-state index contributed by atoms with van der Waals surface area (Å²) >= 11 is 3.23. The first-order chi connectivity index (χ1) is 9.38. The second kappa shape index (κ2) is 5.58. The molecule has 0 saturated heterocycles. The Labute approximate surface area is 122 Å². The van der Waals surface area contributed by atoms with E-state index in [1.165, 1.54) is 19.1 Å². The van der Waals surface area contributed by atoms with Gasteiger partial charge in [-0.25, -0.2) is 8.78 Å². The fourth-order valence-corrected chi connectivity index (χ4v) is 1.90. The van der Waals surface area contributed by atoms with Crippen molar-refractivity contribution >= 4 is 33.2 Å². The molecule has 0 heterocycles. The van der Waals surface area contributed by atoms with E-state index in [-0.39, 0.29) is 11.1 Å². The van der Waals surface area contributed by atoms with Crippen LogP contribution < -0.4 is 11.1 Å². The van der Waals surface area contributed by atoms with Crippen LogP contribution in [0.2, 0.25) is 0 Å². The highest BCUT2D eigenvalue weighted by molar-refractivity contribution is 9.10. The van der Waals surface area contributed by atoms with E-state index in [9.17, 15) is 13.6 Å². The lowest BCUT2D eigenvalue weighted by molar-refractivity contribution is 0.102. The molecule has 6 heteroatoms. The van der Waals surface area contributed by atoms with Crippen LogP contribution in [0.3, 0.4) is 0 Å². The van der Waals surface area contributed by atoms with E-state index in [0.29, 0.717) is 21.9 Å². The monoisotopic (exact) mass is 340 g/mol. The minimum absolute atomic E-state index is 0.201. The van der Waals surface area contributed by atoms with Crippen molar-refractivity contribution in [3.63, 3.8) is 0 Å². The van der Waals surface area contributed by atoms with Crippen molar-refractivity contribution in [1.82, 2.24) is 0 Å². The van der Waals surface area contributed by atoms with Crippen molar-refractivity contribution in [3.8, 4) is 0 Å². The minimum atomic E-state index is -0.907. The molecule has 0 aliphatic rings. The molecule has 3 N–H and O–H groups in total. The highest BCUT2D eigenvalue weighted by Gasteiger charge is 2.15. The molecule has 0 aromatic heterocycles. The topological polar surface area (TPSA) is 55.1 Å². The summed E-state index contributed by atoms with van der Waals surface area (Å²) in [5, 5.41) is 2.51. The molecule has 2 rings (SSSR count). The van der Waals surface area contributed by atoms with Crippen molar-refractivity contribution in [2.45, 2.75) is 6.92 Å². The number of nitrogens with one attached hydrogen (secondary N) is 1. The maximum Gasteiger partial charge on any atom is 0.258 e. The van der Waals surface area contributed by atoms with Crippen LogP contribution in [0.25, 0.3) is 0 Å². The Bertz CT molecular complexity index is 689. The van der Waals surface area contributed by atoms with Crippen molar-refractivity contribution < 1.29 is 13.6 Å². The Balaban J connectivity index is 2.28. The number of carbonyl (C=O) groups excluding carboxylic acids is 1. The molecule has 0 fully saturated rings. The number of anilines is 2. The van der Waals surface area contributed by atoms with Gasteiger partial charge in [0.1, 0.15) is 11.6 Å². The second-order valence-electron chi connectivity index (χ2n) is 4.27. The number of hydrogen-bond donors (Lipinski definition) is 2. The van der Waals surface area contributed by atoms with Crippen LogP contribution in [0.4, 0.5) is 20.2 Å². The van der Waals surface area contributed by atoms with E-state index in [2.05, 4.69) is 21.2 Å². The van der Waals surface area contributed by atoms with Crippen LogP contribution in [0.15, 0.2) is 34.8 Å². The first-order valence-electron chi connectivity index (χ1n) is 5.70. The van der Waals surface area contributed by atoms with Gasteiger partial charge in [0.2, 0.25) is 0 Å². The quantitative estimate of drug-likeness (QED) is 0.815. The van der Waals surface area contributed by atoms with Crippen LogP contribution in [-0.4, -0.2) is 5.91 Å². The molecule has 0 unspecified atom stereocenters. The number of nitrogen functional groups attached to an aromatic ring is 1. The molecule has 0 saturated carbocycles. The average molecular weight is 341 g/mol. The third-order valence-electron chi connectivity index (χ3n) is 2.75. The number of halogens is 3. The standard InChI is InChI=1S/C14H11BrF2N2O/c1-7-4-9(12(17)6-11(7)16)14(20)19-8-2-3-10(15)13(18)5-8/h2-6H,18H2,1H3,(H,19,20). The lowest BCUT2D eigenvalue weighted by Crippen LogP contribution is -2.14. The summed E-state index contributed by atoms with van der Waals surface area (Å²) < 4.78 is 27.4. The molecule has 3 nitrogen and oxygen atoms in total. The van der Waals surface area contributed by atoms with Crippen molar-refractivity contribution in [2.24, 2.45) is 0 Å². The SMILES string of the molecule is Cc1cc(C(=O)Nc2ccc(Br)c(N)c2)c(F)cc1F. The smallest absolute Gasteiger partial charge is 0.258 e. The first-order valence-corrected chi connectivity index (χ1v) is 6.50. The summed E-state index contributed by atoms with van der Waals surface area (Å²) in [4.78, 5) is 12.0. The normalized spacial score (nSPS) is 10.4. The van der Waals surface area contributed by atoms with Gasteiger partial charge < -0.3 is 11.1 Å². The van der Waals surface area contributed by atoms with E-state index in [0.717, 1.165) is 0 Å². The van der Waals surface area contributed by atoms with Crippen LogP contribution in [0, 0.1) is 18.6 Å². The Morgan fingerprint density at radius 1 is 1.20 bits per heavy atom. The van der Waals surface area contributed by atoms with Crippen LogP contribution in [0.1, 0.15) is 15.9 Å². The highest BCUT2D eigenvalue weighted by atomic mass is 79.9. The van der Waals surface area contributed by atoms with Crippen molar-refractivity contribution in [2.75, 3.05) is 11.1 Å². The van der Waals surface area contributed by atoms with E-state index >= 15 is 0 Å². The number of benzene rings is 2. The number of rotatable bonds is 2. The maximum absolute atomic E-state index is 13.6. The van der Waals surface area contributed by atoms with Gasteiger partial charge in [-0.05, 0) is 52.7 Å². The van der Waals surface area contributed by atoms with Gasteiger partial charge in [-0.15, -0.1) is 0 Å². The zero-order valence-corrected chi connectivity index (χ0v) is 12.1. The molecular formula is C14H11BrF2N2O. The van der Waals surface area contributed by atoms with Crippen LogP contribution in [0.5, 0.6) is 0 Å². The first kappa shape index (κ1) is 14.5. The maximum atomic E-state index is 13.6. The summed E-state index contributed by atoms with van der Waals surface area (Å²) in [6.45, 7) is 1.46. The van der Waals surface area contributed by atoms with Gasteiger partial charge in [-0.1, -0.05) is 0 Å². The molecule has 1 amide bonds. The molecule has 0 bridgehead atoms. The molecule has 0 spiro atoms. The third kappa shape index (κ3) is 2.96. The fraction of sp³-hybridized carbons (Fsp3) is 0.0714. The van der Waals surface area contributed by atoms with Gasteiger partial charge in [0.15, 0.2) is 0 Å². The highest BCUT2D eigenvalue weighted by Crippen LogP contribution is 2.23. The molecule has 0 aliphatic carbocycles. The summed E-state index contributed by atoms with van der Waals surface area (Å²) in [5.74, 6) is -2.25. The van der Waals surface area contributed by atoms with Crippen molar-refractivity contribution in [1.29, 1.82) is 0 Å². The molecule has 2 aromatic rings. The number of carbonyl (C=O) groups is 1. The van der Waals surface area contributed by atoms with E-state index in [1.807, 2.05) is 0 Å². The summed E-state index contributed by atoms with van der Waals surface area (Å²) in [7, 11) is 0. The predicted molar refractivity (Wildman–Crippen MR) is 77.6 cm³/mol. The van der Waals surface area contributed by atoms with Gasteiger partial charge >= 0.3 is 0 Å². The largest absolute Gasteiger partial charge is 0.398 e. The number of aryl methyl sites for hydroxylation is 1. The Morgan fingerprint density at radius 3 is 2.55 bits per heavy atom. The van der Waals surface area contributed by atoms with E-state index in [4.69, 9.17) is 5.73 Å². The van der Waals surface area contributed by atoms with Crippen LogP contribution in [-0.2, 0) is 0 Å². The predicted octanol–water partition coefficient (Wildman–Crippen LogP) is 3.87. The molecular weight excluding hydrogens is 330 g/mol. The molecule has 104 valence electrons. The van der Waals surface area contributed by atoms with Crippen LogP contribution >= 0.6 is 15.9 Å². The molecule has 0 atom stereocenters.